The summed E-state index contributed by atoms with van der Waals surface area (Å²) >= 11 is 3.11. The minimum Gasteiger partial charge on any atom is -0.390 e. The highest BCUT2D eigenvalue weighted by Crippen LogP contribution is 2.37. The predicted octanol–water partition coefficient (Wildman–Crippen LogP) is 2.34. The fourth-order valence-electron chi connectivity index (χ4n) is 2.60. The number of rotatable bonds is 8. The van der Waals surface area contributed by atoms with Gasteiger partial charge < -0.3 is 15.7 Å². The number of aliphatic hydroxyl groups excluding tert-OH is 1. The van der Waals surface area contributed by atoms with Crippen molar-refractivity contribution in [3.8, 4) is 0 Å². The molecule has 2 heterocycles. The third-order valence-corrected chi connectivity index (χ3v) is 8.74. The molecule has 3 N–H and O–H groups in total. The van der Waals surface area contributed by atoms with Crippen LogP contribution in [-0.4, -0.2) is 61.5 Å². The van der Waals surface area contributed by atoms with Crippen LogP contribution in [0.25, 0.3) is 0 Å². The zero-order chi connectivity index (χ0) is 18.3. The number of nitrogens with one attached hydrogen (secondary N) is 2. The average Bonchev–Trinajstić information content (AvgIpc) is 3.22. The number of sulfone groups is 1. The van der Waals surface area contributed by atoms with E-state index in [2.05, 4.69) is 22.5 Å². The van der Waals surface area contributed by atoms with E-state index in [9.17, 15) is 13.5 Å². The summed E-state index contributed by atoms with van der Waals surface area (Å²) < 4.78 is 24.8. The minimum absolute atomic E-state index is 0. The van der Waals surface area contributed by atoms with Gasteiger partial charge in [-0.1, -0.05) is 6.07 Å². The van der Waals surface area contributed by atoms with Crippen molar-refractivity contribution in [2.24, 2.45) is 4.99 Å². The monoisotopic (exact) mass is 533 g/mol. The number of hydrogen-bond acceptors (Lipinski definition) is 6. The van der Waals surface area contributed by atoms with Gasteiger partial charge in [-0.25, -0.2) is 8.42 Å². The third kappa shape index (κ3) is 7.53. The number of thiophene rings is 1. The summed E-state index contributed by atoms with van der Waals surface area (Å²) in [7, 11) is -3.45. The molecule has 0 aromatic carbocycles. The summed E-state index contributed by atoms with van der Waals surface area (Å²) in [6.45, 7) is 5.75. The van der Waals surface area contributed by atoms with E-state index in [4.69, 9.17) is 0 Å². The lowest BCUT2D eigenvalue weighted by atomic mass is 10.1. The standard InChI is InChI=1S/C16H27N3O3S3.HI/c1-3-17-15(19-12-16(2)7-5-9-24-16)18-10-13(20)11-25(21,22)14-6-4-8-23-14;/h4,6,8,13,20H,3,5,7,9-12H2,1-2H3,(H2,17,18,19);1H. The second kappa shape index (κ2) is 11.1. The van der Waals surface area contributed by atoms with E-state index in [1.165, 1.54) is 23.5 Å². The molecule has 1 aromatic heterocycles. The second-order valence-electron chi connectivity index (χ2n) is 6.35. The maximum Gasteiger partial charge on any atom is 0.191 e. The molecule has 1 aliphatic heterocycles. The van der Waals surface area contributed by atoms with E-state index in [0.29, 0.717) is 23.3 Å². The Morgan fingerprint density at radius 3 is 2.81 bits per heavy atom. The van der Waals surface area contributed by atoms with Gasteiger partial charge in [0.15, 0.2) is 15.8 Å². The van der Waals surface area contributed by atoms with Crippen molar-refractivity contribution in [1.29, 1.82) is 0 Å². The van der Waals surface area contributed by atoms with Gasteiger partial charge in [-0.2, -0.15) is 11.8 Å². The van der Waals surface area contributed by atoms with Crippen molar-refractivity contribution in [2.45, 2.75) is 41.7 Å². The first-order chi connectivity index (χ1) is 11.8. The van der Waals surface area contributed by atoms with Gasteiger partial charge in [-0.05, 0) is 43.9 Å². The topological polar surface area (TPSA) is 90.8 Å². The van der Waals surface area contributed by atoms with Crippen molar-refractivity contribution < 1.29 is 13.5 Å². The number of thioether (sulfide) groups is 1. The molecule has 0 amide bonds. The normalized spacial score (nSPS) is 21.9. The zero-order valence-electron chi connectivity index (χ0n) is 15.1. The Morgan fingerprint density at radius 1 is 1.46 bits per heavy atom. The molecule has 26 heavy (non-hydrogen) atoms. The van der Waals surface area contributed by atoms with Gasteiger partial charge in [0.05, 0.1) is 18.4 Å². The molecule has 10 heteroatoms. The van der Waals surface area contributed by atoms with E-state index >= 15 is 0 Å². The van der Waals surface area contributed by atoms with Gasteiger partial charge in [-0.15, -0.1) is 35.3 Å². The molecule has 1 fully saturated rings. The summed E-state index contributed by atoms with van der Waals surface area (Å²) in [5, 5.41) is 18.0. The van der Waals surface area contributed by atoms with E-state index < -0.39 is 15.9 Å². The molecule has 0 bridgehead atoms. The summed E-state index contributed by atoms with van der Waals surface area (Å²) in [6.07, 6.45) is 1.38. The molecule has 1 aliphatic rings. The number of aliphatic imine (C=N–C) groups is 1. The van der Waals surface area contributed by atoms with Crippen molar-refractivity contribution in [3.63, 3.8) is 0 Å². The molecule has 150 valence electrons. The lowest BCUT2D eigenvalue weighted by Gasteiger charge is -2.21. The van der Waals surface area contributed by atoms with Gasteiger partial charge in [0.25, 0.3) is 0 Å². The highest BCUT2D eigenvalue weighted by Gasteiger charge is 2.29. The first kappa shape index (κ1) is 24.0. The molecule has 0 saturated carbocycles. The Labute approximate surface area is 181 Å². The highest BCUT2D eigenvalue weighted by molar-refractivity contribution is 14.0. The van der Waals surface area contributed by atoms with Crippen LogP contribution in [0.4, 0.5) is 0 Å². The van der Waals surface area contributed by atoms with Crippen LogP contribution in [0.3, 0.4) is 0 Å². The first-order valence-electron chi connectivity index (χ1n) is 8.45. The maximum atomic E-state index is 12.2. The van der Waals surface area contributed by atoms with E-state index in [-0.39, 0.29) is 41.0 Å². The number of halogens is 1. The van der Waals surface area contributed by atoms with Crippen LogP contribution in [0.1, 0.15) is 26.7 Å². The smallest absolute Gasteiger partial charge is 0.191 e. The molecule has 0 radical (unpaired) electrons. The zero-order valence-corrected chi connectivity index (χ0v) is 19.9. The fraction of sp³-hybridized carbons (Fsp3) is 0.688. The summed E-state index contributed by atoms with van der Waals surface area (Å²) in [5.41, 5.74) is 0. The lowest BCUT2D eigenvalue weighted by Crippen LogP contribution is -2.43. The minimum atomic E-state index is -3.45. The lowest BCUT2D eigenvalue weighted by molar-refractivity contribution is 0.200. The van der Waals surface area contributed by atoms with Crippen molar-refractivity contribution in [1.82, 2.24) is 10.6 Å². The van der Waals surface area contributed by atoms with Crippen LogP contribution in [0.15, 0.2) is 26.7 Å². The van der Waals surface area contributed by atoms with Crippen LogP contribution < -0.4 is 10.6 Å². The molecule has 2 rings (SSSR count). The molecule has 6 nitrogen and oxygen atoms in total. The predicted molar refractivity (Wildman–Crippen MR) is 122 cm³/mol. The molecular formula is C16H28IN3O3S3. The number of aliphatic hydroxyl groups is 1. The Hall–Kier alpha value is -0.0400. The SMILES string of the molecule is CCNC(=NCC1(C)CCCS1)NCC(O)CS(=O)(=O)c1cccs1.I. The Morgan fingerprint density at radius 2 is 2.23 bits per heavy atom. The summed E-state index contributed by atoms with van der Waals surface area (Å²) in [5.74, 6) is 1.49. The van der Waals surface area contributed by atoms with Crippen LogP contribution in [-0.2, 0) is 9.84 Å². The largest absolute Gasteiger partial charge is 0.390 e. The van der Waals surface area contributed by atoms with Gasteiger partial charge in [0, 0.05) is 17.8 Å². The Kier molecular flexibility index (Phi) is 10.2. The molecule has 0 spiro atoms. The summed E-state index contributed by atoms with van der Waals surface area (Å²) in [6, 6.07) is 3.26. The van der Waals surface area contributed by atoms with Crippen LogP contribution >= 0.6 is 47.1 Å². The number of guanidine groups is 1. The number of hydrogen-bond donors (Lipinski definition) is 3. The maximum absolute atomic E-state index is 12.2. The van der Waals surface area contributed by atoms with Crippen molar-refractivity contribution in [3.05, 3.63) is 17.5 Å². The van der Waals surface area contributed by atoms with Crippen LogP contribution in [0.5, 0.6) is 0 Å². The van der Waals surface area contributed by atoms with E-state index in [1.807, 2.05) is 18.7 Å². The number of nitrogens with zero attached hydrogens (tertiary/aromatic N) is 1. The molecule has 1 aromatic rings. The average molecular weight is 534 g/mol. The summed E-state index contributed by atoms with van der Waals surface area (Å²) in [4.78, 5) is 4.60. The molecule has 2 unspecified atom stereocenters. The van der Waals surface area contributed by atoms with Crippen LogP contribution in [0.2, 0.25) is 0 Å². The Bertz CT molecular complexity index is 660. The van der Waals surface area contributed by atoms with Crippen LogP contribution in [0, 0.1) is 0 Å². The fourth-order valence-corrected chi connectivity index (χ4v) is 6.31. The molecule has 1 saturated heterocycles. The molecular weight excluding hydrogens is 505 g/mol. The third-order valence-electron chi connectivity index (χ3n) is 3.93. The highest BCUT2D eigenvalue weighted by atomic mass is 127. The second-order valence-corrected chi connectivity index (χ2v) is 11.2. The first-order valence-corrected chi connectivity index (χ1v) is 12.0. The quantitative estimate of drug-likeness (QED) is 0.270. The van der Waals surface area contributed by atoms with Gasteiger partial charge in [0.1, 0.15) is 4.21 Å². The Balaban J connectivity index is 0.00000338. The van der Waals surface area contributed by atoms with Gasteiger partial charge in [-0.3, -0.25) is 4.99 Å². The van der Waals surface area contributed by atoms with E-state index in [1.54, 1.807) is 17.5 Å². The molecule has 2 atom stereocenters. The van der Waals surface area contributed by atoms with Gasteiger partial charge >= 0.3 is 0 Å². The van der Waals surface area contributed by atoms with Crippen molar-refractivity contribution >= 4 is 62.9 Å². The van der Waals surface area contributed by atoms with Gasteiger partial charge in [0.2, 0.25) is 0 Å². The van der Waals surface area contributed by atoms with E-state index in [0.717, 1.165) is 6.42 Å². The van der Waals surface area contributed by atoms with Crippen molar-refractivity contribution in [2.75, 3.05) is 31.1 Å². The molecule has 0 aliphatic carbocycles.